The maximum atomic E-state index is 12.5. The molecule has 170 valence electrons. The van der Waals surface area contributed by atoms with E-state index in [1.807, 2.05) is 0 Å². The van der Waals surface area contributed by atoms with E-state index in [0.29, 0.717) is 31.6 Å². The van der Waals surface area contributed by atoms with E-state index in [0.717, 1.165) is 51.4 Å². The van der Waals surface area contributed by atoms with Crippen molar-refractivity contribution in [2.24, 2.45) is 16.7 Å². The molecule has 0 spiro atoms. The molecule has 2 atom stereocenters. The Balaban J connectivity index is 2.79. The van der Waals surface area contributed by atoms with Crippen LogP contribution in [0.1, 0.15) is 130 Å². The van der Waals surface area contributed by atoms with E-state index in [9.17, 15) is 19.8 Å². The van der Waals surface area contributed by atoms with Crippen molar-refractivity contribution in [1.29, 1.82) is 0 Å². The normalized spacial score (nSPS) is 24.7. The summed E-state index contributed by atoms with van der Waals surface area (Å²) < 4.78 is 0. The Labute approximate surface area is 178 Å². The van der Waals surface area contributed by atoms with E-state index in [1.165, 1.54) is 32.1 Å². The maximum Gasteiger partial charge on any atom is 0.310 e. The summed E-state index contributed by atoms with van der Waals surface area (Å²) in [4.78, 5) is 25.0. The van der Waals surface area contributed by atoms with Crippen molar-refractivity contribution >= 4 is 11.9 Å². The number of carboxylic acids is 2. The molecule has 0 heterocycles. The number of aliphatic carboxylic acids is 2. The summed E-state index contributed by atoms with van der Waals surface area (Å²) in [5.74, 6) is -1.03. The quantitative estimate of drug-likeness (QED) is 0.259. The average molecular weight is 411 g/mol. The van der Waals surface area contributed by atoms with Gasteiger partial charge in [-0.05, 0) is 31.6 Å². The lowest BCUT2D eigenvalue weighted by Gasteiger charge is -2.49. The fraction of sp³-hybridized carbons (Fsp3) is 0.920. The minimum Gasteiger partial charge on any atom is -0.481 e. The molecular formula is C25H46O4. The highest BCUT2D eigenvalue weighted by Crippen LogP contribution is 2.57. The van der Waals surface area contributed by atoms with Gasteiger partial charge in [-0.15, -0.1) is 0 Å². The summed E-state index contributed by atoms with van der Waals surface area (Å²) in [5, 5.41) is 20.5. The van der Waals surface area contributed by atoms with Crippen molar-refractivity contribution in [2.75, 3.05) is 0 Å². The lowest BCUT2D eigenvalue weighted by Crippen LogP contribution is -2.54. The third kappa shape index (κ3) is 7.29. The fourth-order valence-corrected chi connectivity index (χ4v) is 5.44. The van der Waals surface area contributed by atoms with E-state index in [-0.39, 0.29) is 0 Å². The molecule has 0 radical (unpaired) electrons. The highest BCUT2D eigenvalue weighted by Gasteiger charge is 2.61. The molecule has 29 heavy (non-hydrogen) atoms. The van der Waals surface area contributed by atoms with Crippen LogP contribution in [0.25, 0.3) is 0 Å². The Bertz CT molecular complexity index is 487. The van der Waals surface area contributed by atoms with Gasteiger partial charge in [-0.3, -0.25) is 9.59 Å². The van der Waals surface area contributed by atoms with E-state index >= 15 is 0 Å². The lowest BCUT2D eigenvalue weighted by molar-refractivity contribution is -0.182. The van der Waals surface area contributed by atoms with Crippen LogP contribution in [0.15, 0.2) is 0 Å². The monoisotopic (exact) mass is 410 g/mol. The van der Waals surface area contributed by atoms with Crippen LogP contribution in [0.4, 0.5) is 0 Å². The van der Waals surface area contributed by atoms with Crippen molar-refractivity contribution < 1.29 is 19.8 Å². The predicted octanol–water partition coefficient (Wildman–Crippen LogP) is 7.45. The molecule has 1 aliphatic carbocycles. The Morgan fingerprint density at radius 3 is 1.55 bits per heavy atom. The summed E-state index contributed by atoms with van der Waals surface area (Å²) in [7, 11) is 0. The van der Waals surface area contributed by atoms with Gasteiger partial charge >= 0.3 is 11.9 Å². The summed E-state index contributed by atoms with van der Waals surface area (Å²) in [6, 6.07) is 0. The van der Waals surface area contributed by atoms with Crippen molar-refractivity contribution in [3.63, 3.8) is 0 Å². The van der Waals surface area contributed by atoms with Gasteiger partial charge < -0.3 is 10.2 Å². The molecule has 1 aliphatic rings. The SMILES string of the molecule is CCCCCCCCC1(C(=O)O)CCCCC1(CCCCCCC(C)C)C(=O)O. The van der Waals surface area contributed by atoms with Crippen LogP contribution < -0.4 is 0 Å². The van der Waals surface area contributed by atoms with Crippen LogP contribution in [0.5, 0.6) is 0 Å². The van der Waals surface area contributed by atoms with Gasteiger partial charge in [0.2, 0.25) is 0 Å². The molecule has 1 saturated carbocycles. The molecule has 0 aromatic carbocycles. The number of carboxylic acid groups (broad SMARTS) is 2. The van der Waals surface area contributed by atoms with Gasteiger partial charge in [0.15, 0.2) is 0 Å². The summed E-state index contributed by atoms with van der Waals surface area (Å²) in [5.41, 5.74) is -2.17. The van der Waals surface area contributed by atoms with Gasteiger partial charge in [-0.25, -0.2) is 0 Å². The van der Waals surface area contributed by atoms with Crippen LogP contribution in [0, 0.1) is 16.7 Å². The topological polar surface area (TPSA) is 74.6 Å². The maximum absolute atomic E-state index is 12.5. The molecule has 0 aromatic heterocycles. The number of hydrogen-bond acceptors (Lipinski definition) is 2. The summed E-state index contributed by atoms with van der Waals surface area (Å²) in [6.45, 7) is 6.64. The molecule has 0 bridgehead atoms. The molecule has 0 saturated heterocycles. The van der Waals surface area contributed by atoms with Crippen LogP contribution in [-0.4, -0.2) is 22.2 Å². The number of unbranched alkanes of at least 4 members (excludes halogenated alkanes) is 8. The van der Waals surface area contributed by atoms with Crippen molar-refractivity contribution in [2.45, 2.75) is 130 Å². The van der Waals surface area contributed by atoms with E-state index in [4.69, 9.17) is 0 Å². The molecule has 2 unspecified atom stereocenters. The number of carbonyl (C=O) groups is 2. The molecule has 1 rings (SSSR count). The van der Waals surface area contributed by atoms with Gasteiger partial charge in [-0.1, -0.05) is 104 Å². The molecule has 2 N–H and O–H groups in total. The first-order valence-corrected chi connectivity index (χ1v) is 12.3. The Hall–Kier alpha value is -1.06. The first-order valence-electron chi connectivity index (χ1n) is 12.3. The first-order chi connectivity index (χ1) is 13.8. The van der Waals surface area contributed by atoms with Crippen LogP contribution in [0.3, 0.4) is 0 Å². The van der Waals surface area contributed by atoms with E-state index in [2.05, 4.69) is 20.8 Å². The smallest absolute Gasteiger partial charge is 0.310 e. The largest absolute Gasteiger partial charge is 0.481 e. The van der Waals surface area contributed by atoms with Crippen molar-refractivity contribution in [3.8, 4) is 0 Å². The third-order valence-electron chi connectivity index (χ3n) is 7.28. The molecule has 1 fully saturated rings. The fourth-order valence-electron chi connectivity index (χ4n) is 5.44. The Kier molecular flexibility index (Phi) is 11.9. The summed E-state index contributed by atoms with van der Waals surface area (Å²) in [6.07, 6.45) is 15.7. The predicted molar refractivity (Wildman–Crippen MR) is 119 cm³/mol. The highest BCUT2D eigenvalue weighted by molar-refractivity contribution is 5.87. The second kappa shape index (κ2) is 13.3. The minimum absolute atomic E-state index is 0.520. The molecule has 4 heteroatoms. The van der Waals surface area contributed by atoms with Gasteiger partial charge in [0.25, 0.3) is 0 Å². The molecule has 4 nitrogen and oxygen atoms in total. The molecule has 0 aromatic rings. The average Bonchev–Trinajstić information content (AvgIpc) is 2.67. The first kappa shape index (κ1) is 26.0. The van der Waals surface area contributed by atoms with E-state index in [1.54, 1.807) is 0 Å². The van der Waals surface area contributed by atoms with Gasteiger partial charge in [0.05, 0.1) is 10.8 Å². The van der Waals surface area contributed by atoms with Crippen molar-refractivity contribution in [3.05, 3.63) is 0 Å². The van der Waals surface area contributed by atoms with Gasteiger partial charge in [-0.2, -0.15) is 0 Å². The Morgan fingerprint density at radius 2 is 1.14 bits per heavy atom. The van der Waals surface area contributed by atoms with Crippen LogP contribution >= 0.6 is 0 Å². The standard InChI is InChI=1S/C25H46O4/c1-4-5-6-7-9-12-17-24(22(26)27)19-14-15-20-25(24,23(28)29)18-13-10-8-11-16-21(2)3/h21H,4-20H2,1-3H3,(H,26,27)(H,28,29). The second-order valence-corrected chi connectivity index (χ2v) is 9.85. The number of rotatable bonds is 16. The third-order valence-corrected chi connectivity index (χ3v) is 7.28. The number of hydrogen-bond donors (Lipinski definition) is 2. The zero-order valence-electron chi connectivity index (χ0n) is 19.3. The molecule has 0 amide bonds. The van der Waals surface area contributed by atoms with Crippen LogP contribution in [-0.2, 0) is 9.59 Å². The van der Waals surface area contributed by atoms with Crippen molar-refractivity contribution in [1.82, 2.24) is 0 Å². The van der Waals surface area contributed by atoms with Crippen LogP contribution in [0.2, 0.25) is 0 Å². The van der Waals surface area contributed by atoms with E-state index < -0.39 is 22.8 Å². The summed E-state index contributed by atoms with van der Waals surface area (Å²) >= 11 is 0. The second-order valence-electron chi connectivity index (χ2n) is 9.85. The molecule has 0 aliphatic heterocycles. The highest BCUT2D eigenvalue weighted by atomic mass is 16.4. The van der Waals surface area contributed by atoms with Gasteiger partial charge in [0.1, 0.15) is 0 Å². The lowest BCUT2D eigenvalue weighted by atomic mass is 9.52. The zero-order chi connectivity index (χ0) is 21.8. The zero-order valence-corrected chi connectivity index (χ0v) is 19.3. The van der Waals surface area contributed by atoms with Gasteiger partial charge in [0, 0.05) is 0 Å². The molecular weight excluding hydrogens is 364 g/mol. The Morgan fingerprint density at radius 1 is 0.724 bits per heavy atom. The minimum atomic E-state index is -1.08.